The number of rotatable bonds is 4. The summed E-state index contributed by atoms with van der Waals surface area (Å²) in [5, 5.41) is 0. The van der Waals surface area contributed by atoms with Gasteiger partial charge in [0.15, 0.2) is 0 Å². The number of aryl methyl sites for hydroxylation is 1. The van der Waals surface area contributed by atoms with Gasteiger partial charge in [0.2, 0.25) is 0 Å². The zero-order valence-electron chi connectivity index (χ0n) is 11.1. The van der Waals surface area contributed by atoms with E-state index in [4.69, 9.17) is 18.0 Å². The Morgan fingerprint density at radius 3 is 2.68 bits per heavy atom. The van der Waals surface area contributed by atoms with E-state index in [0.29, 0.717) is 10.7 Å². The van der Waals surface area contributed by atoms with Gasteiger partial charge in [0.05, 0.1) is 5.69 Å². The van der Waals surface area contributed by atoms with Crippen LogP contribution in [0.1, 0.15) is 18.2 Å². The highest BCUT2D eigenvalue weighted by atomic mass is 32.1. The third-order valence-electron chi connectivity index (χ3n) is 3.03. The first-order valence-corrected chi connectivity index (χ1v) is 6.63. The summed E-state index contributed by atoms with van der Waals surface area (Å²) in [5.41, 5.74) is 9.77. The Morgan fingerprint density at radius 1 is 1.32 bits per heavy atom. The number of benzene rings is 1. The molecule has 0 atom stereocenters. The number of thiocarbonyl (C=S) groups is 1. The molecule has 2 N–H and O–H groups in total. The van der Waals surface area contributed by atoms with Crippen LogP contribution in [0.3, 0.4) is 0 Å². The van der Waals surface area contributed by atoms with Crippen molar-refractivity contribution in [1.82, 2.24) is 4.98 Å². The van der Waals surface area contributed by atoms with E-state index in [1.54, 1.807) is 6.20 Å². The van der Waals surface area contributed by atoms with Crippen molar-refractivity contribution in [2.45, 2.75) is 13.8 Å². The van der Waals surface area contributed by atoms with E-state index in [9.17, 15) is 0 Å². The highest BCUT2D eigenvalue weighted by molar-refractivity contribution is 7.80. The Kier molecular flexibility index (Phi) is 4.12. The summed E-state index contributed by atoms with van der Waals surface area (Å²) in [7, 11) is 0. The highest BCUT2D eigenvalue weighted by Gasteiger charge is 2.10. The van der Waals surface area contributed by atoms with Gasteiger partial charge in [0, 0.05) is 24.1 Å². The molecule has 0 unspecified atom stereocenters. The average molecular weight is 271 g/mol. The van der Waals surface area contributed by atoms with Gasteiger partial charge in [-0.3, -0.25) is 4.98 Å². The summed E-state index contributed by atoms with van der Waals surface area (Å²) >= 11 is 4.98. The fourth-order valence-electron chi connectivity index (χ4n) is 2.08. The van der Waals surface area contributed by atoms with Gasteiger partial charge in [-0.25, -0.2) is 0 Å². The summed E-state index contributed by atoms with van der Waals surface area (Å²) in [4.78, 5) is 6.72. The molecule has 0 saturated heterocycles. The molecule has 0 bridgehead atoms. The van der Waals surface area contributed by atoms with Crippen molar-refractivity contribution in [2.75, 3.05) is 11.4 Å². The van der Waals surface area contributed by atoms with E-state index < -0.39 is 0 Å². The number of para-hydroxylation sites is 1. The van der Waals surface area contributed by atoms with Gasteiger partial charge in [-0.15, -0.1) is 0 Å². The molecule has 3 nitrogen and oxygen atoms in total. The molecule has 0 radical (unpaired) electrons. The molecular weight excluding hydrogens is 254 g/mol. The molecule has 1 aromatic heterocycles. The van der Waals surface area contributed by atoms with E-state index in [1.807, 2.05) is 24.3 Å². The molecule has 0 spiro atoms. The maximum atomic E-state index is 5.64. The van der Waals surface area contributed by atoms with Gasteiger partial charge >= 0.3 is 0 Å². The van der Waals surface area contributed by atoms with Gasteiger partial charge in [0.25, 0.3) is 0 Å². The van der Waals surface area contributed by atoms with Crippen LogP contribution in [-0.4, -0.2) is 16.5 Å². The molecule has 98 valence electrons. The third kappa shape index (κ3) is 2.90. The molecule has 19 heavy (non-hydrogen) atoms. The van der Waals surface area contributed by atoms with Crippen molar-refractivity contribution in [2.24, 2.45) is 5.73 Å². The smallest absolute Gasteiger partial charge is 0.122 e. The lowest BCUT2D eigenvalue weighted by molar-refractivity contribution is 1.01. The number of anilines is 2. The van der Waals surface area contributed by atoms with E-state index in [2.05, 4.69) is 35.9 Å². The predicted octanol–water partition coefficient (Wildman–Crippen LogP) is 3.18. The largest absolute Gasteiger partial charge is 0.388 e. The highest BCUT2D eigenvalue weighted by Crippen LogP contribution is 2.27. The van der Waals surface area contributed by atoms with Crippen LogP contribution in [0.25, 0.3) is 0 Å². The minimum atomic E-state index is 0.322. The second-order valence-electron chi connectivity index (χ2n) is 4.29. The van der Waals surface area contributed by atoms with Crippen molar-refractivity contribution >= 4 is 28.6 Å². The monoisotopic (exact) mass is 271 g/mol. The van der Waals surface area contributed by atoms with Crippen LogP contribution in [0.5, 0.6) is 0 Å². The summed E-state index contributed by atoms with van der Waals surface area (Å²) in [6.07, 6.45) is 1.74. The lowest BCUT2D eigenvalue weighted by Gasteiger charge is -2.25. The molecule has 0 aliphatic rings. The number of hydrogen-bond acceptors (Lipinski definition) is 3. The first kappa shape index (κ1) is 13.5. The number of hydrogen-bond donors (Lipinski definition) is 1. The van der Waals surface area contributed by atoms with Crippen molar-refractivity contribution < 1.29 is 0 Å². The van der Waals surface area contributed by atoms with E-state index in [1.165, 1.54) is 11.3 Å². The molecule has 2 rings (SSSR count). The van der Waals surface area contributed by atoms with Crippen LogP contribution in [0.15, 0.2) is 42.6 Å². The van der Waals surface area contributed by atoms with E-state index in [0.717, 1.165) is 12.2 Å². The number of nitrogens with two attached hydrogens (primary N) is 1. The molecule has 0 saturated carbocycles. The number of pyridine rings is 1. The zero-order valence-corrected chi connectivity index (χ0v) is 11.9. The second-order valence-corrected chi connectivity index (χ2v) is 4.73. The van der Waals surface area contributed by atoms with Crippen molar-refractivity contribution in [3.63, 3.8) is 0 Å². The van der Waals surface area contributed by atoms with Gasteiger partial charge in [-0.2, -0.15) is 0 Å². The van der Waals surface area contributed by atoms with Gasteiger partial charge in [-0.05, 0) is 37.6 Å². The maximum absolute atomic E-state index is 5.64. The van der Waals surface area contributed by atoms with Crippen molar-refractivity contribution in [3.05, 3.63) is 53.9 Å². The first-order chi connectivity index (χ1) is 9.13. The molecule has 0 fully saturated rings. The second kappa shape index (κ2) is 5.80. The molecular formula is C15H17N3S. The van der Waals surface area contributed by atoms with Crippen molar-refractivity contribution in [1.29, 1.82) is 0 Å². The van der Waals surface area contributed by atoms with Crippen LogP contribution in [0, 0.1) is 6.92 Å². The molecule has 4 heteroatoms. The Labute approximate surface area is 119 Å². The SMILES string of the molecule is CCN(c1ccnc(C(N)=S)c1)c1ccccc1C. The van der Waals surface area contributed by atoms with Crippen LogP contribution in [0.2, 0.25) is 0 Å². The van der Waals surface area contributed by atoms with Crippen LogP contribution in [0.4, 0.5) is 11.4 Å². The molecule has 0 amide bonds. The topological polar surface area (TPSA) is 42.2 Å². The summed E-state index contributed by atoms with van der Waals surface area (Å²) < 4.78 is 0. The average Bonchev–Trinajstić information content (AvgIpc) is 2.42. The third-order valence-corrected chi connectivity index (χ3v) is 3.24. The molecule has 0 aliphatic carbocycles. The molecule has 1 heterocycles. The Hall–Kier alpha value is -1.94. The summed E-state index contributed by atoms with van der Waals surface area (Å²) in [5.74, 6) is 0. The zero-order chi connectivity index (χ0) is 13.8. The van der Waals surface area contributed by atoms with Crippen molar-refractivity contribution in [3.8, 4) is 0 Å². The number of aromatic nitrogens is 1. The Balaban J connectivity index is 2.45. The standard InChI is InChI=1S/C15H17N3S/c1-3-18(14-7-5-4-6-11(14)2)12-8-9-17-13(10-12)15(16)19/h4-10H,3H2,1-2H3,(H2,16,19). The minimum absolute atomic E-state index is 0.322. The molecule has 0 aliphatic heterocycles. The fourth-order valence-corrected chi connectivity index (χ4v) is 2.19. The van der Waals surface area contributed by atoms with Crippen LogP contribution >= 0.6 is 12.2 Å². The lowest BCUT2D eigenvalue weighted by atomic mass is 10.1. The van der Waals surface area contributed by atoms with Gasteiger partial charge < -0.3 is 10.6 Å². The fraction of sp³-hybridized carbons (Fsp3) is 0.200. The minimum Gasteiger partial charge on any atom is -0.388 e. The Bertz CT molecular complexity index is 595. The predicted molar refractivity (Wildman–Crippen MR) is 84.0 cm³/mol. The maximum Gasteiger partial charge on any atom is 0.122 e. The van der Waals surface area contributed by atoms with Gasteiger partial charge in [-0.1, -0.05) is 30.4 Å². The molecule has 1 aromatic carbocycles. The number of nitrogens with zero attached hydrogens (tertiary/aromatic N) is 2. The normalized spacial score (nSPS) is 10.2. The van der Waals surface area contributed by atoms with E-state index >= 15 is 0 Å². The summed E-state index contributed by atoms with van der Waals surface area (Å²) in [6.45, 7) is 5.09. The quantitative estimate of drug-likeness (QED) is 0.867. The van der Waals surface area contributed by atoms with Crippen LogP contribution in [-0.2, 0) is 0 Å². The lowest BCUT2D eigenvalue weighted by Crippen LogP contribution is -2.19. The Morgan fingerprint density at radius 2 is 2.05 bits per heavy atom. The molecule has 2 aromatic rings. The van der Waals surface area contributed by atoms with Crippen LogP contribution < -0.4 is 10.6 Å². The summed E-state index contributed by atoms with van der Waals surface area (Å²) in [6, 6.07) is 12.2. The first-order valence-electron chi connectivity index (χ1n) is 6.22. The van der Waals surface area contributed by atoms with Gasteiger partial charge in [0.1, 0.15) is 4.99 Å². The van der Waals surface area contributed by atoms with E-state index in [-0.39, 0.29) is 0 Å².